The van der Waals surface area contributed by atoms with E-state index in [1.807, 2.05) is 0 Å². The summed E-state index contributed by atoms with van der Waals surface area (Å²) in [6.07, 6.45) is 2.75. The molecule has 2 saturated heterocycles. The molecule has 110 valence electrons. The summed E-state index contributed by atoms with van der Waals surface area (Å²) in [7, 11) is 0. The van der Waals surface area contributed by atoms with Gasteiger partial charge in [-0.3, -0.25) is 4.90 Å². The van der Waals surface area contributed by atoms with Crippen molar-refractivity contribution >= 4 is 5.69 Å². The van der Waals surface area contributed by atoms with E-state index in [0.29, 0.717) is 0 Å². The van der Waals surface area contributed by atoms with Crippen molar-refractivity contribution in [1.82, 2.24) is 10.2 Å². The molecule has 3 nitrogen and oxygen atoms in total. The molecule has 20 heavy (non-hydrogen) atoms. The van der Waals surface area contributed by atoms with Crippen LogP contribution in [0.1, 0.15) is 18.4 Å². The summed E-state index contributed by atoms with van der Waals surface area (Å²) in [4.78, 5) is 5.17. The van der Waals surface area contributed by atoms with Crippen molar-refractivity contribution in [2.24, 2.45) is 5.92 Å². The fourth-order valence-electron chi connectivity index (χ4n) is 3.38. The Morgan fingerprint density at radius 1 is 1.20 bits per heavy atom. The fraction of sp³-hybridized carbons (Fsp3) is 0.647. The summed E-state index contributed by atoms with van der Waals surface area (Å²) in [5.41, 5.74) is 2.75. The number of nitrogens with one attached hydrogen (secondary N) is 1. The summed E-state index contributed by atoms with van der Waals surface area (Å²) >= 11 is 0. The first-order valence-corrected chi connectivity index (χ1v) is 8.06. The van der Waals surface area contributed by atoms with E-state index in [1.165, 1.54) is 69.9 Å². The van der Waals surface area contributed by atoms with E-state index < -0.39 is 0 Å². The molecule has 1 unspecified atom stereocenters. The van der Waals surface area contributed by atoms with Gasteiger partial charge in [-0.05, 0) is 63.0 Å². The lowest BCUT2D eigenvalue weighted by Crippen LogP contribution is -2.46. The first kappa shape index (κ1) is 13.9. The number of benzene rings is 1. The van der Waals surface area contributed by atoms with Crippen molar-refractivity contribution in [3.63, 3.8) is 0 Å². The molecule has 2 heterocycles. The summed E-state index contributed by atoms with van der Waals surface area (Å²) in [5, 5.41) is 3.47. The van der Waals surface area contributed by atoms with Gasteiger partial charge in [0.1, 0.15) is 0 Å². The Bertz CT molecular complexity index is 418. The molecule has 2 aliphatic rings. The van der Waals surface area contributed by atoms with Gasteiger partial charge < -0.3 is 10.2 Å². The largest absolute Gasteiger partial charge is 0.369 e. The third kappa shape index (κ3) is 3.53. The third-order valence-electron chi connectivity index (χ3n) is 4.76. The molecule has 3 rings (SSSR count). The topological polar surface area (TPSA) is 18.5 Å². The molecule has 1 atom stereocenters. The molecule has 1 aromatic rings. The molecule has 1 N–H and O–H groups in total. The SMILES string of the molecule is Cc1cccc(N2CCN(CCC3CCNC3)CC2)c1. The normalized spacial score (nSPS) is 24.2. The lowest BCUT2D eigenvalue weighted by Gasteiger charge is -2.36. The molecule has 0 aromatic heterocycles. The van der Waals surface area contributed by atoms with Gasteiger partial charge in [0.15, 0.2) is 0 Å². The molecule has 0 saturated carbocycles. The average molecular weight is 273 g/mol. The molecule has 0 spiro atoms. The zero-order valence-corrected chi connectivity index (χ0v) is 12.6. The van der Waals surface area contributed by atoms with Gasteiger partial charge in [-0.15, -0.1) is 0 Å². The predicted molar refractivity (Wildman–Crippen MR) is 85.4 cm³/mol. The van der Waals surface area contributed by atoms with Crippen LogP contribution in [0.4, 0.5) is 5.69 Å². The quantitative estimate of drug-likeness (QED) is 0.906. The van der Waals surface area contributed by atoms with Gasteiger partial charge in [-0.2, -0.15) is 0 Å². The van der Waals surface area contributed by atoms with Crippen LogP contribution in [0, 0.1) is 12.8 Å². The van der Waals surface area contributed by atoms with E-state index in [9.17, 15) is 0 Å². The minimum absolute atomic E-state index is 0.921. The minimum Gasteiger partial charge on any atom is -0.369 e. The van der Waals surface area contributed by atoms with Crippen molar-refractivity contribution in [3.05, 3.63) is 29.8 Å². The molecule has 3 heteroatoms. The second-order valence-corrected chi connectivity index (χ2v) is 6.32. The Labute approximate surface area is 123 Å². The van der Waals surface area contributed by atoms with Gasteiger partial charge in [0.2, 0.25) is 0 Å². The van der Waals surface area contributed by atoms with E-state index >= 15 is 0 Å². The standard InChI is InChI=1S/C17H27N3/c1-15-3-2-4-17(13-15)20-11-9-19(10-12-20)8-6-16-5-7-18-14-16/h2-4,13,16,18H,5-12,14H2,1H3. The van der Waals surface area contributed by atoms with E-state index in [4.69, 9.17) is 0 Å². The van der Waals surface area contributed by atoms with Crippen LogP contribution in [0.2, 0.25) is 0 Å². The van der Waals surface area contributed by atoms with Gasteiger partial charge >= 0.3 is 0 Å². The molecular formula is C17H27N3. The van der Waals surface area contributed by atoms with Gasteiger partial charge in [0.05, 0.1) is 0 Å². The maximum Gasteiger partial charge on any atom is 0.0369 e. The van der Waals surface area contributed by atoms with Gasteiger partial charge in [0, 0.05) is 31.9 Å². The first-order valence-electron chi connectivity index (χ1n) is 8.06. The monoisotopic (exact) mass is 273 g/mol. The number of hydrogen-bond acceptors (Lipinski definition) is 3. The number of piperazine rings is 1. The van der Waals surface area contributed by atoms with Crippen LogP contribution in [-0.4, -0.2) is 50.7 Å². The van der Waals surface area contributed by atoms with E-state index in [1.54, 1.807) is 0 Å². The molecule has 0 amide bonds. The molecule has 0 aliphatic carbocycles. The Morgan fingerprint density at radius 3 is 2.75 bits per heavy atom. The van der Waals surface area contributed by atoms with Crippen LogP contribution in [0.25, 0.3) is 0 Å². The minimum atomic E-state index is 0.921. The number of hydrogen-bond donors (Lipinski definition) is 1. The summed E-state index contributed by atoms with van der Waals surface area (Å²) in [6.45, 7) is 10.7. The highest BCUT2D eigenvalue weighted by atomic mass is 15.3. The summed E-state index contributed by atoms with van der Waals surface area (Å²) in [5.74, 6) is 0.921. The summed E-state index contributed by atoms with van der Waals surface area (Å²) < 4.78 is 0. The first-order chi connectivity index (χ1) is 9.81. The van der Waals surface area contributed by atoms with E-state index in [-0.39, 0.29) is 0 Å². The second-order valence-electron chi connectivity index (χ2n) is 6.32. The van der Waals surface area contributed by atoms with Gasteiger partial charge in [-0.25, -0.2) is 0 Å². The Balaban J connectivity index is 1.44. The number of aryl methyl sites for hydroxylation is 1. The number of rotatable bonds is 4. The second kappa shape index (κ2) is 6.59. The van der Waals surface area contributed by atoms with Crippen LogP contribution in [-0.2, 0) is 0 Å². The maximum atomic E-state index is 3.47. The molecule has 2 fully saturated rings. The van der Waals surface area contributed by atoms with Crippen LogP contribution in [0.15, 0.2) is 24.3 Å². The van der Waals surface area contributed by atoms with Gasteiger partial charge in [0.25, 0.3) is 0 Å². The molecule has 0 radical (unpaired) electrons. The van der Waals surface area contributed by atoms with Crippen LogP contribution in [0.3, 0.4) is 0 Å². The third-order valence-corrected chi connectivity index (χ3v) is 4.76. The van der Waals surface area contributed by atoms with Gasteiger partial charge in [-0.1, -0.05) is 12.1 Å². The predicted octanol–water partition coefficient (Wildman–Crippen LogP) is 2.12. The van der Waals surface area contributed by atoms with Crippen molar-refractivity contribution in [3.8, 4) is 0 Å². The highest BCUT2D eigenvalue weighted by Gasteiger charge is 2.19. The number of nitrogens with zero attached hydrogens (tertiary/aromatic N) is 2. The smallest absolute Gasteiger partial charge is 0.0369 e. The summed E-state index contributed by atoms with van der Waals surface area (Å²) in [6, 6.07) is 8.90. The Hall–Kier alpha value is -1.06. The van der Waals surface area contributed by atoms with E-state index in [0.717, 1.165) is 5.92 Å². The van der Waals surface area contributed by atoms with Crippen LogP contribution >= 0.6 is 0 Å². The highest BCUT2D eigenvalue weighted by molar-refractivity contribution is 5.48. The van der Waals surface area contributed by atoms with E-state index in [2.05, 4.69) is 46.3 Å². The Kier molecular flexibility index (Phi) is 4.58. The van der Waals surface area contributed by atoms with Crippen molar-refractivity contribution in [2.75, 3.05) is 50.7 Å². The highest BCUT2D eigenvalue weighted by Crippen LogP contribution is 2.19. The molecule has 0 bridgehead atoms. The van der Waals surface area contributed by atoms with Crippen molar-refractivity contribution < 1.29 is 0 Å². The Morgan fingerprint density at radius 2 is 2.05 bits per heavy atom. The number of anilines is 1. The average Bonchev–Trinajstić information content (AvgIpc) is 2.99. The lowest BCUT2D eigenvalue weighted by atomic mass is 10.0. The van der Waals surface area contributed by atoms with Crippen molar-refractivity contribution in [2.45, 2.75) is 19.8 Å². The lowest BCUT2D eigenvalue weighted by molar-refractivity contribution is 0.241. The van der Waals surface area contributed by atoms with Crippen LogP contribution in [0.5, 0.6) is 0 Å². The zero-order chi connectivity index (χ0) is 13.8. The zero-order valence-electron chi connectivity index (χ0n) is 12.6. The maximum absolute atomic E-state index is 3.47. The molecule has 2 aliphatic heterocycles. The fourth-order valence-corrected chi connectivity index (χ4v) is 3.38. The molecule has 1 aromatic carbocycles. The molecular weight excluding hydrogens is 246 g/mol. The van der Waals surface area contributed by atoms with Crippen molar-refractivity contribution in [1.29, 1.82) is 0 Å². The van der Waals surface area contributed by atoms with Crippen LogP contribution < -0.4 is 10.2 Å².